The van der Waals surface area contributed by atoms with Crippen molar-refractivity contribution in [1.29, 1.82) is 0 Å². The van der Waals surface area contributed by atoms with Gasteiger partial charge in [-0.1, -0.05) is 19.0 Å². The zero-order chi connectivity index (χ0) is 16.3. The minimum Gasteiger partial charge on any atom is -0.338 e. The maximum absolute atomic E-state index is 5.45. The average Bonchev–Trinajstić information content (AvgIpc) is 2.98. The summed E-state index contributed by atoms with van der Waals surface area (Å²) in [7, 11) is 0. The van der Waals surface area contributed by atoms with Gasteiger partial charge in [0.1, 0.15) is 0 Å². The van der Waals surface area contributed by atoms with Crippen LogP contribution in [-0.2, 0) is 6.42 Å². The number of hydrogen-bond donors (Lipinski definition) is 2. The Morgan fingerprint density at radius 1 is 1.17 bits per heavy atom. The Morgan fingerprint density at radius 3 is 2.52 bits per heavy atom. The van der Waals surface area contributed by atoms with Crippen molar-refractivity contribution in [2.24, 2.45) is 11.3 Å². The Labute approximate surface area is 140 Å². The molecule has 5 heteroatoms. The van der Waals surface area contributed by atoms with Crippen molar-refractivity contribution >= 4 is 0 Å². The van der Waals surface area contributed by atoms with E-state index in [-0.39, 0.29) is 6.04 Å². The van der Waals surface area contributed by atoms with Crippen LogP contribution in [0.4, 0.5) is 0 Å². The lowest BCUT2D eigenvalue weighted by molar-refractivity contribution is 0.111. The van der Waals surface area contributed by atoms with E-state index in [1.165, 1.54) is 51.6 Å². The van der Waals surface area contributed by atoms with Crippen molar-refractivity contribution in [3.05, 3.63) is 11.7 Å². The summed E-state index contributed by atoms with van der Waals surface area (Å²) in [5.41, 5.74) is 0.627. The fourth-order valence-electron chi connectivity index (χ4n) is 4.17. The molecule has 130 valence electrons. The molecule has 2 aliphatic rings. The third kappa shape index (κ3) is 4.32. The first kappa shape index (κ1) is 16.9. The van der Waals surface area contributed by atoms with Crippen LogP contribution in [0, 0.1) is 11.3 Å². The second-order valence-electron chi connectivity index (χ2n) is 8.06. The van der Waals surface area contributed by atoms with Crippen LogP contribution in [0.25, 0.3) is 0 Å². The molecule has 23 heavy (non-hydrogen) atoms. The second kappa shape index (κ2) is 7.31. The molecule has 1 spiro atoms. The molecule has 3 rings (SSSR count). The Balaban J connectivity index is 1.49. The van der Waals surface area contributed by atoms with Gasteiger partial charge in [-0.2, -0.15) is 4.98 Å². The summed E-state index contributed by atoms with van der Waals surface area (Å²) in [5, 5.41) is 11.3. The number of rotatable bonds is 5. The molecular weight excluding hydrogens is 288 g/mol. The quantitative estimate of drug-likeness (QED) is 0.872. The molecule has 1 unspecified atom stereocenters. The molecule has 2 fully saturated rings. The second-order valence-corrected chi connectivity index (χ2v) is 8.06. The largest absolute Gasteiger partial charge is 0.338 e. The van der Waals surface area contributed by atoms with Crippen molar-refractivity contribution in [3.8, 4) is 0 Å². The van der Waals surface area contributed by atoms with Gasteiger partial charge in [0, 0.05) is 12.5 Å². The van der Waals surface area contributed by atoms with Crippen LogP contribution in [0.5, 0.6) is 0 Å². The minimum absolute atomic E-state index is 0.149. The molecule has 1 aromatic heterocycles. The van der Waals surface area contributed by atoms with Gasteiger partial charge in [-0.25, -0.2) is 0 Å². The first-order chi connectivity index (χ1) is 11.1. The zero-order valence-corrected chi connectivity index (χ0v) is 14.9. The van der Waals surface area contributed by atoms with Gasteiger partial charge in [-0.15, -0.1) is 0 Å². The first-order valence-corrected chi connectivity index (χ1v) is 9.36. The number of aromatic nitrogens is 2. The van der Waals surface area contributed by atoms with Gasteiger partial charge in [0.15, 0.2) is 5.82 Å². The summed E-state index contributed by atoms with van der Waals surface area (Å²) in [4.78, 5) is 4.55. The fourth-order valence-corrected chi connectivity index (χ4v) is 4.17. The molecule has 0 amide bonds. The molecule has 0 aromatic carbocycles. The smallest absolute Gasteiger partial charge is 0.243 e. The lowest BCUT2D eigenvalue weighted by Crippen LogP contribution is -2.43. The van der Waals surface area contributed by atoms with Crippen molar-refractivity contribution in [2.75, 3.05) is 13.1 Å². The average molecular weight is 320 g/mol. The molecule has 2 N–H and O–H groups in total. The number of hydrogen-bond acceptors (Lipinski definition) is 5. The standard InChI is InChI=1S/C18H32N4O/c1-13(2)12-16-21-17(23-22-16)14(3)20-15-4-6-18(7-5-15)8-10-19-11-9-18/h13-15,19-20H,4-12H2,1-3H3. The lowest BCUT2D eigenvalue weighted by Gasteiger charge is -2.43. The van der Waals surface area contributed by atoms with Crippen LogP contribution < -0.4 is 10.6 Å². The molecule has 1 saturated heterocycles. The van der Waals surface area contributed by atoms with Crippen molar-refractivity contribution in [3.63, 3.8) is 0 Å². The van der Waals surface area contributed by atoms with Crippen LogP contribution in [0.3, 0.4) is 0 Å². The molecular formula is C18H32N4O. The summed E-state index contributed by atoms with van der Waals surface area (Å²) in [5.74, 6) is 2.13. The highest BCUT2D eigenvalue weighted by molar-refractivity contribution is 4.96. The van der Waals surface area contributed by atoms with Gasteiger partial charge in [0.05, 0.1) is 6.04 Å². The molecule has 1 aliphatic carbocycles. The Bertz CT molecular complexity index is 483. The van der Waals surface area contributed by atoms with Crippen LogP contribution >= 0.6 is 0 Å². The van der Waals surface area contributed by atoms with E-state index >= 15 is 0 Å². The van der Waals surface area contributed by atoms with E-state index in [0.29, 0.717) is 17.4 Å². The van der Waals surface area contributed by atoms with E-state index < -0.39 is 0 Å². The Hall–Kier alpha value is -0.940. The highest BCUT2D eigenvalue weighted by Gasteiger charge is 2.36. The number of nitrogens with zero attached hydrogens (tertiary/aromatic N) is 2. The van der Waals surface area contributed by atoms with Crippen molar-refractivity contribution < 1.29 is 4.52 Å². The molecule has 0 radical (unpaired) electrons. The van der Waals surface area contributed by atoms with Gasteiger partial charge in [-0.3, -0.25) is 0 Å². The van der Waals surface area contributed by atoms with Crippen LogP contribution in [0.2, 0.25) is 0 Å². The third-order valence-corrected chi connectivity index (χ3v) is 5.64. The van der Waals surface area contributed by atoms with Crippen LogP contribution in [0.15, 0.2) is 4.52 Å². The van der Waals surface area contributed by atoms with Gasteiger partial charge in [-0.05, 0) is 69.9 Å². The molecule has 1 atom stereocenters. The maximum atomic E-state index is 5.45. The molecule has 1 aliphatic heterocycles. The monoisotopic (exact) mass is 320 g/mol. The summed E-state index contributed by atoms with van der Waals surface area (Å²) >= 11 is 0. The first-order valence-electron chi connectivity index (χ1n) is 9.36. The Kier molecular flexibility index (Phi) is 5.37. The van der Waals surface area contributed by atoms with Gasteiger partial charge in [0.2, 0.25) is 5.89 Å². The van der Waals surface area contributed by atoms with E-state index in [9.17, 15) is 0 Å². The van der Waals surface area contributed by atoms with Crippen LogP contribution in [0.1, 0.15) is 77.1 Å². The van der Waals surface area contributed by atoms with Crippen molar-refractivity contribution in [2.45, 2.75) is 77.8 Å². The van der Waals surface area contributed by atoms with Gasteiger partial charge in [0.25, 0.3) is 0 Å². The number of piperidine rings is 1. The highest BCUT2D eigenvalue weighted by atomic mass is 16.5. The van der Waals surface area contributed by atoms with Crippen molar-refractivity contribution in [1.82, 2.24) is 20.8 Å². The van der Waals surface area contributed by atoms with E-state index in [0.717, 1.165) is 18.1 Å². The SMILES string of the molecule is CC(C)Cc1noc(C(C)NC2CCC3(CCNCC3)CC2)n1. The van der Waals surface area contributed by atoms with Gasteiger partial charge < -0.3 is 15.2 Å². The topological polar surface area (TPSA) is 63.0 Å². The van der Waals surface area contributed by atoms with Gasteiger partial charge >= 0.3 is 0 Å². The highest BCUT2D eigenvalue weighted by Crippen LogP contribution is 2.43. The maximum Gasteiger partial charge on any atom is 0.243 e. The Morgan fingerprint density at radius 2 is 1.87 bits per heavy atom. The summed E-state index contributed by atoms with van der Waals surface area (Å²) in [6.45, 7) is 8.90. The molecule has 0 bridgehead atoms. The van der Waals surface area contributed by atoms with E-state index in [1.54, 1.807) is 0 Å². The summed E-state index contributed by atoms with van der Waals surface area (Å²) in [6.07, 6.45) is 8.88. The zero-order valence-electron chi connectivity index (χ0n) is 14.9. The normalized spacial score (nSPS) is 23.5. The van der Waals surface area contributed by atoms with E-state index in [4.69, 9.17) is 4.52 Å². The summed E-state index contributed by atoms with van der Waals surface area (Å²) in [6, 6.07) is 0.737. The summed E-state index contributed by atoms with van der Waals surface area (Å²) < 4.78 is 5.45. The lowest BCUT2D eigenvalue weighted by atomic mass is 9.67. The molecule has 5 nitrogen and oxygen atoms in total. The minimum atomic E-state index is 0.149. The predicted octanol–water partition coefficient (Wildman–Crippen LogP) is 3.23. The number of nitrogens with one attached hydrogen (secondary N) is 2. The fraction of sp³-hybridized carbons (Fsp3) is 0.889. The van der Waals surface area contributed by atoms with E-state index in [1.807, 2.05) is 0 Å². The molecule has 2 heterocycles. The predicted molar refractivity (Wildman–Crippen MR) is 91.2 cm³/mol. The molecule has 1 saturated carbocycles. The van der Waals surface area contributed by atoms with Crippen LogP contribution in [-0.4, -0.2) is 29.3 Å². The van der Waals surface area contributed by atoms with E-state index in [2.05, 4.69) is 41.5 Å². The third-order valence-electron chi connectivity index (χ3n) is 5.64. The molecule has 1 aromatic rings.